The van der Waals surface area contributed by atoms with Gasteiger partial charge in [0.25, 0.3) is 0 Å². The molecule has 1 saturated carbocycles. The van der Waals surface area contributed by atoms with Crippen molar-refractivity contribution in [3.05, 3.63) is 22.4 Å². The molecule has 2 heterocycles. The molecule has 0 bridgehead atoms. The van der Waals surface area contributed by atoms with Gasteiger partial charge in [-0.15, -0.1) is 0 Å². The van der Waals surface area contributed by atoms with Gasteiger partial charge >= 0.3 is 0 Å². The van der Waals surface area contributed by atoms with Crippen molar-refractivity contribution in [2.45, 2.75) is 52.1 Å². The molecule has 2 nitrogen and oxygen atoms in total. The van der Waals surface area contributed by atoms with E-state index < -0.39 is 0 Å². The van der Waals surface area contributed by atoms with Gasteiger partial charge in [0.15, 0.2) is 0 Å². The molecule has 1 aromatic rings. The third-order valence-electron chi connectivity index (χ3n) is 4.90. The third kappa shape index (κ3) is 3.44. The predicted molar refractivity (Wildman–Crippen MR) is 87.4 cm³/mol. The highest BCUT2D eigenvalue weighted by atomic mass is 32.1. The molecule has 1 aromatic heterocycles. The van der Waals surface area contributed by atoms with Crippen molar-refractivity contribution >= 4 is 11.3 Å². The summed E-state index contributed by atoms with van der Waals surface area (Å²) in [5.41, 5.74) is 1.86. The molecule has 1 aliphatic carbocycles. The van der Waals surface area contributed by atoms with Gasteiger partial charge in [-0.25, -0.2) is 0 Å². The Balaban J connectivity index is 1.64. The molecule has 0 radical (unpaired) electrons. The van der Waals surface area contributed by atoms with E-state index in [0.717, 1.165) is 18.5 Å². The number of nitrogens with one attached hydrogen (secondary N) is 1. The van der Waals surface area contributed by atoms with Crippen LogP contribution in [0.15, 0.2) is 16.8 Å². The van der Waals surface area contributed by atoms with Crippen LogP contribution < -0.4 is 5.32 Å². The van der Waals surface area contributed by atoms with Gasteiger partial charge in [-0.3, -0.25) is 4.90 Å². The van der Waals surface area contributed by atoms with Crippen molar-refractivity contribution in [2.24, 2.45) is 11.3 Å². The lowest BCUT2D eigenvalue weighted by Crippen LogP contribution is -2.61. The molecule has 1 aliphatic heterocycles. The van der Waals surface area contributed by atoms with Crippen LogP contribution in [0.5, 0.6) is 0 Å². The van der Waals surface area contributed by atoms with E-state index in [2.05, 4.69) is 47.8 Å². The maximum atomic E-state index is 3.82. The summed E-state index contributed by atoms with van der Waals surface area (Å²) in [4.78, 5) is 2.76. The van der Waals surface area contributed by atoms with Crippen molar-refractivity contribution in [2.75, 3.05) is 19.6 Å². The third-order valence-corrected chi connectivity index (χ3v) is 5.64. The Morgan fingerprint density at radius 3 is 2.75 bits per heavy atom. The summed E-state index contributed by atoms with van der Waals surface area (Å²) in [5, 5.41) is 8.32. The Hall–Kier alpha value is -0.380. The van der Waals surface area contributed by atoms with E-state index >= 15 is 0 Å². The first-order chi connectivity index (χ1) is 9.54. The molecule has 112 valence electrons. The van der Waals surface area contributed by atoms with Crippen LogP contribution in [0.1, 0.15) is 39.2 Å². The summed E-state index contributed by atoms with van der Waals surface area (Å²) in [7, 11) is 0. The Morgan fingerprint density at radius 1 is 1.35 bits per heavy atom. The molecule has 20 heavy (non-hydrogen) atoms. The van der Waals surface area contributed by atoms with E-state index in [9.17, 15) is 0 Å². The molecule has 0 amide bonds. The molecule has 3 rings (SSSR count). The normalized spacial score (nSPS) is 28.8. The number of hydrogen-bond donors (Lipinski definition) is 1. The standard InChI is InChI=1S/C17H28N2S/c1-17(2,3)16-10-18-15(14-4-5-14)11-19(16)8-6-13-7-9-20-12-13/h7,9,12,14-16,18H,4-6,8,10-11H2,1-3H3. The molecular formula is C17H28N2S. The molecule has 2 atom stereocenters. The van der Waals surface area contributed by atoms with Crippen molar-refractivity contribution in [3.63, 3.8) is 0 Å². The van der Waals surface area contributed by atoms with Gasteiger partial charge in [0.1, 0.15) is 0 Å². The summed E-state index contributed by atoms with van der Waals surface area (Å²) >= 11 is 1.82. The fraction of sp³-hybridized carbons (Fsp3) is 0.765. The van der Waals surface area contributed by atoms with Crippen LogP contribution in [0.2, 0.25) is 0 Å². The smallest absolute Gasteiger partial charge is 0.0269 e. The first-order valence-corrected chi connectivity index (χ1v) is 8.97. The Bertz CT molecular complexity index is 417. The van der Waals surface area contributed by atoms with E-state index in [0.29, 0.717) is 11.5 Å². The molecule has 2 fully saturated rings. The summed E-state index contributed by atoms with van der Waals surface area (Å²) < 4.78 is 0. The maximum absolute atomic E-state index is 3.82. The monoisotopic (exact) mass is 292 g/mol. The summed E-state index contributed by atoms with van der Waals surface area (Å²) in [6, 6.07) is 3.68. The van der Waals surface area contributed by atoms with Gasteiger partial charge in [0.05, 0.1) is 0 Å². The van der Waals surface area contributed by atoms with E-state index in [1.165, 1.54) is 37.9 Å². The fourth-order valence-corrected chi connectivity index (χ4v) is 4.16. The molecule has 2 aliphatic rings. The lowest BCUT2D eigenvalue weighted by Gasteiger charge is -2.46. The molecule has 2 unspecified atom stereocenters. The summed E-state index contributed by atoms with van der Waals surface area (Å²) in [5.74, 6) is 0.958. The van der Waals surface area contributed by atoms with Gasteiger partial charge < -0.3 is 5.32 Å². The van der Waals surface area contributed by atoms with Crippen molar-refractivity contribution < 1.29 is 0 Å². The van der Waals surface area contributed by atoms with Gasteiger partial charge in [-0.1, -0.05) is 20.8 Å². The zero-order valence-corrected chi connectivity index (χ0v) is 13.9. The van der Waals surface area contributed by atoms with Crippen LogP contribution in [0.4, 0.5) is 0 Å². The minimum absolute atomic E-state index is 0.357. The first kappa shape index (κ1) is 14.6. The second-order valence-corrected chi connectivity index (χ2v) is 8.39. The zero-order chi connectivity index (χ0) is 14.2. The lowest BCUT2D eigenvalue weighted by atomic mass is 9.83. The van der Waals surface area contributed by atoms with Crippen molar-refractivity contribution in [1.82, 2.24) is 10.2 Å². The summed E-state index contributed by atoms with van der Waals surface area (Å²) in [6.07, 6.45) is 4.08. The molecule has 1 saturated heterocycles. The average molecular weight is 292 g/mol. The molecular weight excluding hydrogens is 264 g/mol. The van der Waals surface area contributed by atoms with Crippen molar-refractivity contribution in [1.29, 1.82) is 0 Å². The van der Waals surface area contributed by atoms with Crippen LogP contribution >= 0.6 is 11.3 Å². The quantitative estimate of drug-likeness (QED) is 0.915. The van der Waals surface area contributed by atoms with E-state index in [1.54, 1.807) is 0 Å². The number of hydrogen-bond acceptors (Lipinski definition) is 3. The lowest BCUT2D eigenvalue weighted by molar-refractivity contribution is 0.0522. The highest BCUT2D eigenvalue weighted by molar-refractivity contribution is 7.07. The largest absolute Gasteiger partial charge is 0.311 e. The van der Waals surface area contributed by atoms with E-state index in [1.807, 2.05) is 11.3 Å². The van der Waals surface area contributed by atoms with Gasteiger partial charge in [0, 0.05) is 31.7 Å². The Morgan fingerprint density at radius 2 is 2.15 bits per heavy atom. The topological polar surface area (TPSA) is 15.3 Å². The highest BCUT2D eigenvalue weighted by Gasteiger charge is 2.40. The van der Waals surface area contributed by atoms with Gasteiger partial charge in [-0.05, 0) is 53.0 Å². The number of thiophene rings is 1. The minimum Gasteiger partial charge on any atom is -0.311 e. The zero-order valence-electron chi connectivity index (χ0n) is 13.1. The molecule has 0 spiro atoms. The average Bonchev–Trinajstić information content (AvgIpc) is 3.12. The van der Waals surface area contributed by atoms with Gasteiger partial charge in [-0.2, -0.15) is 11.3 Å². The minimum atomic E-state index is 0.357. The van der Waals surface area contributed by atoms with Crippen LogP contribution in [0, 0.1) is 11.3 Å². The SMILES string of the molecule is CC(C)(C)C1CNC(C2CC2)CN1CCc1ccsc1. The second-order valence-electron chi connectivity index (χ2n) is 7.61. The Labute approximate surface area is 127 Å². The second kappa shape index (κ2) is 5.78. The highest BCUT2D eigenvalue weighted by Crippen LogP contribution is 2.36. The van der Waals surface area contributed by atoms with Crippen LogP contribution in [0.25, 0.3) is 0 Å². The maximum Gasteiger partial charge on any atom is 0.0269 e. The van der Waals surface area contributed by atoms with Gasteiger partial charge in [0.2, 0.25) is 0 Å². The van der Waals surface area contributed by atoms with Crippen LogP contribution in [-0.2, 0) is 6.42 Å². The number of piperazine rings is 1. The summed E-state index contributed by atoms with van der Waals surface area (Å²) in [6.45, 7) is 10.8. The molecule has 3 heteroatoms. The first-order valence-electron chi connectivity index (χ1n) is 8.02. The number of rotatable bonds is 4. The Kier molecular flexibility index (Phi) is 4.21. The van der Waals surface area contributed by atoms with Crippen LogP contribution in [0.3, 0.4) is 0 Å². The van der Waals surface area contributed by atoms with E-state index in [-0.39, 0.29) is 0 Å². The van der Waals surface area contributed by atoms with E-state index in [4.69, 9.17) is 0 Å². The van der Waals surface area contributed by atoms with Crippen LogP contribution in [-0.4, -0.2) is 36.6 Å². The van der Waals surface area contributed by atoms with Crippen molar-refractivity contribution in [3.8, 4) is 0 Å². The molecule has 1 N–H and O–H groups in total. The predicted octanol–water partition coefficient (Wildman–Crippen LogP) is 3.39. The fourth-order valence-electron chi connectivity index (χ4n) is 3.46. The molecule has 0 aromatic carbocycles. The number of nitrogens with zero attached hydrogens (tertiary/aromatic N) is 1.